The molecule has 4 heteroatoms. The zero-order valence-corrected chi connectivity index (χ0v) is 10.5. The van der Waals surface area contributed by atoms with Gasteiger partial charge in [-0.25, -0.2) is 0 Å². The zero-order valence-electron chi connectivity index (χ0n) is 8.92. The van der Waals surface area contributed by atoms with Gasteiger partial charge in [-0.05, 0) is 53.6 Å². The van der Waals surface area contributed by atoms with Crippen LogP contribution < -0.4 is 5.32 Å². The van der Waals surface area contributed by atoms with E-state index in [1.165, 1.54) is 16.5 Å². The summed E-state index contributed by atoms with van der Waals surface area (Å²) in [6.07, 6.45) is 1.05. The molecule has 1 aromatic heterocycles. The summed E-state index contributed by atoms with van der Waals surface area (Å²) in [6, 6.07) is 6.48. The molecule has 1 N–H and O–H groups in total. The summed E-state index contributed by atoms with van der Waals surface area (Å²) in [4.78, 5) is 0. The van der Waals surface area contributed by atoms with Crippen LogP contribution in [0.3, 0.4) is 0 Å². The van der Waals surface area contributed by atoms with Gasteiger partial charge < -0.3 is 5.32 Å². The number of hydrogen-bond acceptors (Lipinski definition) is 2. The number of benzene rings is 1. The topological polar surface area (TPSA) is 29.9 Å². The third kappa shape index (κ3) is 2.06. The minimum Gasteiger partial charge on any atom is -0.319 e. The summed E-state index contributed by atoms with van der Waals surface area (Å²) in [5.41, 5.74) is 2.52. The summed E-state index contributed by atoms with van der Waals surface area (Å²) >= 11 is 3.45. The number of hydrogen-bond donors (Lipinski definition) is 1. The predicted molar refractivity (Wildman–Crippen MR) is 66.0 cm³/mol. The molecule has 0 aliphatic rings. The van der Waals surface area contributed by atoms with Gasteiger partial charge in [0.25, 0.3) is 0 Å². The standard InChI is InChI=1S/C11H14BrN3/c1-13-6-5-8-3-4-9-10(7-8)15(2)14-11(9)12/h3-4,7,13H,5-6H2,1-2H3. The fourth-order valence-corrected chi connectivity index (χ4v) is 2.26. The molecule has 0 aliphatic carbocycles. The SMILES string of the molecule is CNCCc1ccc2c(Br)nn(C)c2c1. The van der Waals surface area contributed by atoms with Gasteiger partial charge in [-0.3, -0.25) is 4.68 Å². The van der Waals surface area contributed by atoms with Crippen LogP contribution in [0.5, 0.6) is 0 Å². The molecule has 0 saturated heterocycles. The molecule has 0 atom stereocenters. The maximum Gasteiger partial charge on any atom is 0.135 e. The van der Waals surface area contributed by atoms with Gasteiger partial charge in [0, 0.05) is 12.4 Å². The Bertz CT molecular complexity index is 476. The molecule has 1 heterocycles. The Morgan fingerprint density at radius 1 is 1.47 bits per heavy atom. The molecule has 3 nitrogen and oxygen atoms in total. The van der Waals surface area contributed by atoms with Crippen molar-refractivity contribution in [1.82, 2.24) is 15.1 Å². The van der Waals surface area contributed by atoms with Gasteiger partial charge in [0.2, 0.25) is 0 Å². The normalized spacial score (nSPS) is 11.1. The summed E-state index contributed by atoms with van der Waals surface area (Å²) in [7, 11) is 3.94. The van der Waals surface area contributed by atoms with Gasteiger partial charge in [-0.2, -0.15) is 5.10 Å². The second-order valence-corrected chi connectivity index (χ2v) is 4.37. The van der Waals surface area contributed by atoms with Gasteiger partial charge in [-0.1, -0.05) is 6.07 Å². The van der Waals surface area contributed by atoms with E-state index in [2.05, 4.69) is 44.5 Å². The van der Waals surface area contributed by atoms with Gasteiger partial charge in [0.1, 0.15) is 4.60 Å². The Hall–Kier alpha value is -0.870. The summed E-state index contributed by atoms with van der Waals surface area (Å²) in [6.45, 7) is 1.00. The number of nitrogens with zero attached hydrogens (tertiary/aromatic N) is 2. The quantitative estimate of drug-likeness (QED) is 0.923. The minimum absolute atomic E-state index is 0.917. The van der Waals surface area contributed by atoms with Crippen molar-refractivity contribution in [2.24, 2.45) is 7.05 Å². The van der Waals surface area contributed by atoms with E-state index < -0.39 is 0 Å². The Labute approximate surface area is 97.6 Å². The molecular formula is C11H14BrN3. The number of aryl methyl sites for hydroxylation is 1. The molecule has 2 rings (SSSR count). The van der Waals surface area contributed by atoms with Crippen molar-refractivity contribution in [3.63, 3.8) is 0 Å². The Morgan fingerprint density at radius 3 is 3.00 bits per heavy atom. The van der Waals surface area contributed by atoms with E-state index in [4.69, 9.17) is 0 Å². The summed E-state index contributed by atoms with van der Waals surface area (Å²) in [5.74, 6) is 0. The van der Waals surface area contributed by atoms with Crippen molar-refractivity contribution in [3.8, 4) is 0 Å². The van der Waals surface area contributed by atoms with Gasteiger partial charge in [-0.15, -0.1) is 0 Å². The first-order valence-corrected chi connectivity index (χ1v) is 5.77. The first-order valence-electron chi connectivity index (χ1n) is 4.98. The molecule has 0 radical (unpaired) electrons. The van der Waals surface area contributed by atoms with Crippen molar-refractivity contribution < 1.29 is 0 Å². The number of rotatable bonds is 3. The van der Waals surface area contributed by atoms with Crippen molar-refractivity contribution >= 4 is 26.8 Å². The van der Waals surface area contributed by atoms with Crippen LogP contribution in [-0.4, -0.2) is 23.4 Å². The fraction of sp³-hybridized carbons (Fsp3) is 0.364. The number of halogens is 1. The second-order valence-electron chi connectivity index (χ2n) is 3.62. The van der Waals surface area contributed by atoms with Crippen molar-refractivity contribution in [3.05, 3.63) is 28.4 Å². The van der Waals surface area contributed by atoms with Crippen LogP contribution in [0.15, 0.2) is 22.8 Å². The largest absolute Gasteiger partial charge is 0.319 e. The highest BCUT2D eigenvalue weighted by Gasteiger charge is 2.05. The van der Waals surface area contributed by atoms with Crippen molar-refractivity contribution in [2.75, 3.05) is 13.6 Å². The predicted octanol–water partition coefficient (Wildman–Crippen LogP) is 2.10. The van der Waals surface area contributed by atoms with Crippen LogP contribution in [0, 0.1) is 0 Å². The molecule has 0 unspecified atom stereocenters. The molecule has 1 aromatic carbocycles. The lowest BCUT2D eigenvalue weighted by Crippen LogP contribution is -2.10. The number of fused-ring (bicyclic) bond motifs is 1. The van der Waals surface area contributed by atoms with E-state index in [9.17, 15) is 0 Å². The van der Waals surface area contributed by atoms with Crippen LogP contribution in [0.2, 0.25) is 0 Å². The lowest BCUT2D eigenvalue weighted by molar-refractivity contribution is 0.781. The third-order valence-electron chi connectivity index (χ3n) is 2.53. The Morgan fingerprint density at radius 2 is 2.27 bits per heavy atom. The molecule has 0 saturated carbocycles. The Balaban J connectivity index is 2.41. The molecular weight excluding hydrogens is 254 g/mol. The van der Waals surface area contributed by atoms with Gasteiger partial charge >= 0.3 is 0 Å². The molecule has 2 aromatic rings. The monoisotopic (exact) mass is 267 g/mol. The lowest BCUT2D eigenvalue weighted by Gasteiger charge is -2.01. The molecule has 80 valence electrons. The number of aromatic nitrogens is 2. The Kier molecular flexibility index (Phi) is 3.07. The average Bonchev–Trinajstić information content (AvgIpc) is 2.52. The molecule has 15 heavy (non-hydrogen) atoms. The number of likely N-dealkylation sites (N-methyl/N-ethyl adjacent to an activating group) is 1. The smallest absolute Gasteiger partial charge is 0.135 e. The van der Waals surface area contributed by atoms with Crippen LogP contribution in [0.4, 0.5) is 0 Å². The van der Waals surface area contributed by atoms with Crippen molar-refractivity contribution in [1.29, 1.82) is 0 Å². The molecule has 0 amide bonds. The first-order chi connectivity index (χ1) is 7.22. The first kappa shape index (κ1) is 10.6. The lowest BCUT2D eigenvalue weighted by atomic mass is 10.1. The fourth-order valence-electron chi connectivity index (χ4n) is 1.68. The summed E-state index contributed by atoms with van der Waals surface area (Å²) < 4.78 is 2.82. The van der Waals surface area contributed by atoms with Crippen LogP contribution >= 0.6 is 15.9 Å². The average molecular weight is 268 g/mol. The van der Waals surface area contributed by atoms with Crippen molar-refractivity contribution in [2.45, 2.75) is 6.42 Å². The highest BCUT2D eigenvalue weighted by Crippen LogP contribution is 2.23. The van der Waals surface area contributed by atoms with Crippen LogP contribution in [-0.2, 0) is 13.5 Å². The van der Waals surface area contributed by atoms with E-state index in [1.807, 2.05) is 18.8 Å². The molecule has 0 aliphatic heterocycles. The van der Waals surface area contributed by atoms with E-state index in [-0.39, 0.29) is 0 Å². The zero-order chi connectivity index (χ0) is 10.8. The van der Waals surface area contributed by atoms with E-state index in [1.54, 1.807) is 0 Å². The minimum atomic E-state index is 0.917. The van der Waals surface area contributed by atoms with Crippen LogP contribution in [0.25, 0.3) is 10.9 Å². The highest BCUT2D eigenvalue weighted by molar-refractivity contribution is 9.10. The highest BCUT2D eigenvalue weighted by atomic mass is 79.9. The van der Waals surface area contributed by atoms with Gasteiger partial charge in [0.15, 0.2) is 0 Å². The van der Waals surface area contributed by atoms with Gasteiger partial charge in [0.05, 0.1) is 5.52 Å². The molecule has 0 spiro atoms. The molecule has 0 fully saturated rings. The van der Waals surface area contributed by atoms with E-state index in [0.29, 0.717) is 0 Å². The number of nitrogens with one attached hydrogen (secondary N) is 1. The maximum atomic E-state index is 4.33. The molecule has 0 bridgehead atoms. The maximum absolute atomic E-state index is 4.33. The second kappa shape index (κ2) is 4.33. The van der Waals surface area contributed by atoms with E-state index >= 15 is 0 Å². The third-order valence-corrected chi connectivity index (χ3v) is 3.12. The van der Waals surface area contributed by atoms with Crippen LogP contribution in [0.1, 0.15) is 5.56 Å². The van der Waals surface area contributed by atoms with E-state index in [0.717, 1.165) is 17.6 Å². The summed E-state index contributed by atoms with van der Waals surface area (Å²) in [5, 5.41) is 8.65.